The third kappa shape index (κ3) is 3.18. The van der Waals surface area contributed by atoms with Crippen molar-refractivity contribution in [3.63, 3.8) is 0 Å². The number of amides is 1. The molecule has 1 fully saturated rings. The number of hydrogen-bond acceptors (Lipinski definition) is 3. The highest BCUT2D eigenvalue weighted by Crippen LogP contribution is 2.50. The van der Waals surface area contributed by atoms with Crippen LogP contribution in [0.3, 0.4) is 0 Å². The molecule has 6 heteroatoms. The van der Waals surface area contributed by atoms with Crippen molar-refractivity contribution < 1.29 is 9.90 Å². The molecule has 37 heavy (non-hydrogen) atoms. The maximum atomic E-state index is 14.1. The van der Waals surface area contributed by atoms with Crippen LogP contribution in [-0.4, -0.2) is 31.6 Å². The number of likely N-dealkylation sites (tertiary alicyclic amines) is 1. The molecule has 1 aromatic heterocycles. The van der Waals surface area contributed by atoms with E-state index in [2.05, 4.69) is 0 Å². The number of aromatic nitrogens is 2. The average Bonchev–Trinajstić information content (AvgIpc) is 3.61. The molecule has 0 radical (unpaired) electrons. The van der Waals surface area contributed by atoms with E-state index in [0.29, 0.717) is 24.3 Å². The van der Waals surface area contributed by atoms with Gasteiger partial charge < -0.3 is 10.0 Å². The largest absolute Gasteiger partial charge is 0.493 e. The molecule has 4 aromatic carbocycles. The van der Waals surface area contributed by atoms with Gasteiger partial charge in [-0.1, -0.05) is 97.1 Å². The Morgan fingerprint density at radius 1 is 0.811 bits per heavy atom. The van der Waals surface area contributed by atoms with Crippen LogP contribution in [0.2, 0.25) is 0 Å². The monoisotopic (exact) mass is 487 g/mol. The number of carbonyl (C=O) groups is 1. The van der Waals surface area contributed by atoms with E-state index in [4.69, 9.17) is 0 Å². The summed E-state index contributed by atoms with van der Waals surface area (Å²) in [4.78, 5) is 29.6. The minimum Gasteiger partial charge on any atom is -0.493 e. The molecule has 3 heterocycles. The Morgan fingerprint density at radius 2 is 1.43 bits per heavy atom. The number of carbonyl (C=O) groups excluding carboxylic acids is 1. The van der Waals surface area contributed by atoms with E-state index in [-0.39, 0.29) is 29.6 Å². The predicted molar refractivity (Wildman–Crippen MR) is 142 cm³/mol. The molecule has 0 aliphatic carbocycles. The van der Waals surface area contributed by atoms with E-state index >= 15 is 0 Å². The second-order valence-corrected chi connectivity index (χ2v) is 9.85. The normalized spacial score (nSPS) is 18.0. The van der Waals surface area contributed by atoms with E-state index in [1.807, 2.05) is 108 Å². The number of benzene rings is 4. The summed E-state index contributed by atoms with van der Waals surface area (Å²) >= 11 is 0. The Labute approximate surface area is 213 Å². The number of hydrogen-bond donors (Lipinski definition) is 1. The average molecular weight is 488 g/mol. The number of rotatable bonds is 4. The molecule has 0 spiro atoms. The zero-order chi connectivity index (χ0) is 25.1. The van der Waals surface area contributed by atoms with Crippen molar-refractivity contribution in [1.82, 2.24) is 14.0 Å². The van der Waals surface area contributed by atoms with Crippen LogP contribution in [0.15, 0.2) is 108 Å². The van der Waals surface area contributed by atoms with Gasteiger partial charge in [0, 0.05) is 11.9 Å². The topological polar surface area (TPSA) is 67.5 Å². The van der Waals surface area contributed by atoms with Crippen LogP contribution in [-0.2, 0) is 4.79 Å². The lowest BCUT2D eigenvalue weighted by Gasteiger charge is -2.31. The van der Waals surface area contributed by atoms with E-state index in [9.17, 15) is 14.7 Å². The lowest BCUT2D eigenvalue weighted by Crippen LogP contribution is -2.40. The van der Waals surface area contributed by atoms with Gasteiger partial charge in [-0.05, 0) is 29.0 Å². The van der Waals surface area contributed by atoms with Gasteiger partial charge in [0.15, 0.2) is 0 Å². The first kappa shape index (κ1) is 21.7. The van der Waals surface area contributed by atoms with Crippen LogP contribution < -0.4 is 5.69 Å². The number of imidazole rings is 1. The highest BCUT2D eigenvalue weighted by Gasteiger charge is 2.50. The second-order valence-electron chi connectivity index (χ2n) is 9.85. The van der Waals surface area contributed by atoms with E-state index in [1.165, 1.54) is 4.57 Å². The smallest absolute Gasteiger partial charge is 0.336 e. The highest BCUT2D eigenvalue weighted by molar-refractivity contribution is 5.91. The fourth-order valence-corrected chi connectivity index (χ4v) is 6.24. The van der Waals surface area contributed by atoms with Crippen LogP contribution in [0.25, 0.3) is 16.5 Å². The molecule has 1 saturated heterocycles. The summed E-state index contributed by atoms with van der Waals surface area (Å²) in [7, 11) is 0. The molecule has 7 rings (SSSR count). The van der Waals surface area contributed by atoms with E-state index in [1.54, 1.807) is 4.57 Å². The fourth-order valence-electron chi connectivity index (χ4n) is 6.24. The van der Waals surface area contributed by atoms with Crippen LogP contribution >= 0.6 is 0 Å². The lowest BCUT2D eigenvalue weighted by molar-refractivity contribution is -0.133. The molecule has 1 amide bonds. The van der Waals surface area contributed by atoms with Crippen LogP contribution in [0.4, 0.5) is 0 Å². The Hall–Kier alpha value is -4.58. The van der Waals surface area contributed by atoms with Crippen molar-refractivity contribution in [2.24, 2.45) is 0 Å². The van der Waals surface area contributed by atoms with Crippen LogP contribution in [0.1, 0.15) is 41.2 Å². The zero-order valence-electron chi connectivity index (χ0n) is 20.1. The summed E-state index contributed by atoms with van der Waals surface area (Å²) in [6.07, 6.45) is 0.635. The highest BCUT2D eigenvalue weighted by atomic mass is 16.3. The van der Waals surface area contributed by atoms with E-state index < -0.39 is 5.92 Å². The van der Waals surface area contributed by atoms with Gasteiger partial charge in [-0.15, -0.1) is 0 Å². The van der Waals surface area contributed by atoms with Crippen molar-refractivity contribution >= 4 is 16.7 Å². The molecular weight excluding hydrogens is 462 g/mol. The summed E-state index contributed by atoms with van der Waals surface area (Å²) in [5.41, 5.74) is 2.77. The van der Waals surface area contributed by atoms with Gasteiger partial charge in [-0.3, -0.25) is 9.36 Å². The molecular formula is C31H25N3O3. The van der Waals surface area contributed by atoms with Crippen molar-refractivity contribution in [2.45, 2.75) is 24.4 Å². The summed E-state index contributed by atoms with van der Waals surface area (Å²) in [5.74, 6) is -0.549. The molecule has 2 atom stereocenters. The van der Waals surface area contributed by atoms with Gasteiger partial charge >= 0.3 is 5.69 Å². The Bertz CT molecular complexity index is 1660. The Kier molecular flexibility index (Phi) is 4.83. The van der Waals surface area contributed by atoms with Crippen molar-refractivity contribution in [3.8, 4) is 11.6 Å². The molecule has 6 nitrogen and oxygen atoms in total. The molecule has 1 N–H and O–H groups in total. The third-order valence-electron chi connectivity index (χ3n) is 7.86. The van der Waals surface area contributed by atoms with Crippen molar-refractivity contribution in [2.75, 3.05) is 6.54 Å². The van der Waals surface area contributed by atoms with Gasteiger partial charge in [0.2, 0.25) is 11.8 Å². The molecule has 2 aliphatic rings. The summed E-state index contributed by atoms with van der Waals surface area (Å²) < 4.78 is 3.10. The Morgan fingerprint density at radius 3 is 2.14 bits per heavy atom. The molecule has 0 saturated carbocycles. The van der Waals surface area contributed by atoms with Crippen molar-refractivity contribution in [3.05, 3.63) is 130 Å². The molecule has 2 bridgehead atoms. The van der Waals surface area contributed by atoms with Crippen molar-refractivity contribution in [1.29, 1.82) is 0 Å². The zero-order valence-corrected chi connectivity index (χ0v) is 20.1. The van der Waals surface area contributed by atoms with Crippen LogP contribution in [0, 0.1) is 0 Å². The standard InChI is InChI=1S/C31H25N3O3/c35-29(27(21-11-3-1-4-12-21)22-13-5-2-6-14-22)32-19-23-18-26(32)28-30(36)34(31(37)33(23)28)25-17-9-15-20-10-7-8-16-24(20)25/h1-17,23,26-27,36H,18-19H2/t23-,26-/m0/s1. The third-order valence-corrected chi connectivity index (χ3v) is 7.86. The minimum atomic E-state index is -0.454. The first-order valence-electron chi connectivity index (χ1n) is 12.6. The predicted octanol–water partition coefficient (Wildman–Crippen LogP) is 5.16. The molecule has 182 valence electrons. The SMILES string of the molecule is O=C(C(c1ccccc1)c1ccccc1)N1C[C@@H]2C[C@H]1c1c(O)n(-c3cccc4ccccc34)c(=O)n12. The minimum absolute atomic E-state index is 0.0130. The molecule has 2 aliphatic heterocycles. The lowest BCUT2D eigenvalue weighted by atomic mass is 9.89. The quantitative estimate of drug-likeness (QED) is 0.381. The molecule has 5 aromatic rings. The number of fused-ring (bicyclic) bond motifs is 6. The maximum absolute atomic E-state index is 14.1. The fraction of sp³-hybridized carbons (Fsp3) is 0.161. The second kappa shape index (κ2) is 8.23. The van der Waals surface area contributed by atoms with E-state index in [0.717, 1.165) is 21.9 Å². The first-order valence-corrected chi connectivity index (χ1v) is 12.6. The van der Waals surface area contributed by atoms with Gasteiger partial charge in [-0.2, -0.15) is 0 Å². The van der Waals surface area contributed by atoms with Crippen LogP contribution in [0.5, 0.6) is 5.88 Å². The summed E-state index contributed by atoms with van der Waals surface area (Å²) in [5, 5.41) is 13.3. The van der Waals surface area contributed by atoms with Gasteiger partial charge in [0.1, 0.15) is 5.69 Å². The summed E-state index contributed by atoms with van der Waals surface area (Å²) in [6.45, 7) is 0.450. The number of aromatic hydroxyl groups is 1. The maximum Gasteiger partial charge on any atom is 0.336 e. The van der Waals surface area contributed by atoms with Gasteiger partial charge in [0.05, 0.1) is 23.7 Å². The summed E-state index contributed by atoms with van der Waals surface area (Å²) in [6, 6.07) is 32.6. The molecule has 0 unspecified atom stereocenters. The van der Waals surface area contributed by atoms with Gasteiger partial charge in [0.25, 0.3) is 0 Å². The first-order chi connectivity index (χ1) is 18.1. The number of nitrogens with zero attached hydrogens (tertiary/aromatic N) is 3. The Balaban J connectivity index is 1.32. The van der Waals surface area contributed by atoms with Gasteiger partial charge in [-0.25, -0.2) is 9.36 Å².